The SMILES string of the molecule is CC1CCN(S(=O)(=O)c2ccc(C#N)cc2Cl)C1C(=O)O. The molecule has 0 spiro atoms. The summed E-state index contributed by atoms with van der Waals surface area (Å²) in [6, 6.07) is 4.60. The molecule has 1 fully saturated rings. The Kier molecular flexibility index (Phi) is 4.23. The van der Waals surface area contributed by atoms with Crippen LogP contribution in [0.15, 0.2) is 23.1 Å². The van der Waals surface area contributed by atoms with E-state index in [9.17, 15) is 18.3 Å². The number of hydrogen-bond donors (Lipinski definition) is 1. The normalized spacial score (nSPS) is 22.9. The molecule has 0 aromatic heterocycles. The van der Waals surface area contributed by atoms with Gasteiger partial charge in [0, 0.05) is 6.54 Å². The van der Waals surface area contributed by atoms with Gasteiger partial charge in [0.1, 0.15) is 10.9 Å². The van der Waals surface area contributed by atoms with Crippen molar-refractivity contribution >= 4 is 27.6 Å². The van der Waals surface area contributed by atoms with Crippen LogP contribution in [0.5, 0.6) is 0 Å². The molecule has 2 unspecified atom stereocenters. The van der Waals surface area contributed by atoms with Gasteiger partial charge in [-0.15, -0.1) is 0 Å². The van der Waals surface area contributed by atoms with E-state index in [0.29, 0.717) is 6.42 Å². The van der Waals surface area contributed by atoms with Gasteiger partial charge >= 0.3 is 5.97 Å². The third kappa shape index (κ3) is 2.75. The largest absolute Gasteiger partial charge is 0.480 e. The van der Waals surface area contributed by atoms with Gasteiger partial charge in [-0.3, -0.25) is 4.79 Å². The molecular formula is C13H13ClN2O4S. The lowest BCUT2D eigenvalue weighted by Gasteiger charge is -2.23. The minimum atomic E-state index is -4.01. The molecule has 1 aliphatic heterocycles. The van der Waals surface area contributed by atoms with E-state index in [2.05, 4.69) is 0 Å². The second-order valence-electron chi connectivity index (χ2n) is 4.92. The Morgan fingerprint density at radius 1 is 1.52 bits per heavy atom. The number of carboxylic acids is 1. The first-order chi connectivity index (χ1) is 9.78. The zero-order valence-corrected chi connectivity index (χ0v) is 12.7. The van der Waals surface area contributed by atoms with Crippen LogP contribution in [0.4, 0.5) is 0 Å². The van der Waals surface area contributed by atoms with Crippen LogP contribution in [-0.4, -0.2) is 36.4 Å². The Morgan fingerprint density at radius 2 is 2.19 bits per heavy atom. The van der Waals surface area contributed by atoms with Crippen LogP contribution in [0.25, 0.3) is 0 Å². The summed E-state index contributed by atoms with van der Waals surface area (Å²) in [4.78, 5) is 11.1. The maximum atomic E-state index is 12.6. The number of sulfonamides is 1. The van der Waals surface area contributed by atoms with E-state index in [0.717, 1.165) is 4.31 Å². The number of hydrogen-bond acceptors (Lipinski definition) is 4. The third-order valence-electron chi connectivity index (χ3n) is 3.55. The van der Waals surface area contributed by atoms with E-state index in [1.54, 1.807) is 6.92 Å². The second-order valence-corrected chi connectivity index (χ2v) is 7.19. The van der Waals surface area contributed by atoms with Gasteiger partial charge in [0.05, 0.1) is 16.7 Å². The lowest BCUT2D eigenvalue weighted by atomic mass is 10.0. The zero-order valence-electron chi connectivity index (χ0n) is 11.2. The third-order valence-corrected chi connectivity index (χ3v) is 5.92. The Balaban J connectivity index is 2.48. The summed E-state index contributed by atoms with van der Waals surface area (Å²) in [7, 11) is -4.01. The van der Waals surface area contributed by atoms with Gasteiger partial charge in [-0.25, -0.2) is 8.42 Å². The highest BCUT2D eigenvalue weighted by atomic mass is 35.5. The molecule has 1 heterocycles. The van der Waals surface area contributed by atoms with Crippen molar-refractivity contribution < 1.29 is 18.3 Å². The lowest BCUT2D eigenvalue weighted by Crippen LogP contribution is -2.42. The van der Waals surface area contributed by atoms with Crippen molar-refractivity contribution in [1.82, 2.24) is 4.31 Å². The van der Waals surface area contributed by atoms with Crippen molar-refractivity contribution in [1.29, 1.82) is 5.26 Å². The Bertz CT molecular complexity index is 726. The summed E-state index contributed by atoms with van der Waals surface area (Å²) in [5, 5.41) is 17.9. The van der Waals surface area contributed by atoms with Crippen molar-refractivity contribution in [2.24, 2.45) is 5.92 Å². The molecule has 1 saturated heterocycles. The molecule has 1 aromatic carbocycles. The van der Waals surface area contributed by atoms with Gasteiger partial charge < -0.3 is 5.11 Å². The summed E-state index contributed by atoms with van der Waals surface area (Å²) in [6.07, 6.45) is 0.476. The molecule has 1 N–H and O–H groups in total. The number of halogens is 1. The van der Waals surface area contributed by atoms with Gasteiger partial charge in [-0.2, -0.15) is 9.57 Å². The monoisotopic (exact) mass is 328 g/mol. The Hall–Kier alpha value is -1.62. The lowest BCUT2D eigenvalue weighted by molar-refractivity contribution is -0.141. The van der Waals surface area contributed by atoms with E-state index < -0.39 is 22.0 Å². The zero-order chi connectivity index (χ0) is 15.8. The topological polar surface area (TPSA) is 98.5 Å². The first-order valence-corrected chi connectivity index (χ1v) is 8.05. The molecule has 112 valence electrons. The van der Waals surface area contributed by atoms with E-state index in [1.165, 1.54) is 18.2 Å². The summed E-state index contributed by atoms with van der Waals surface area (Å²) in [5.74, 6) is -1.44. The highest BCUT2D eigenvalue weighted by Crippen LogP contribution is 2.33. The Labute approximate surface area is 127 Å². The van der Waals surface area contributed by atoms with Crippen LogP contribution in [-0.2, 0) is 14.8 Å². The molecule has 0 bridgehead atoms. The minimum Gasteiger partial charge on any atom is -0.480 e. The summed E-state index contributed by atoms with van der Waals surface area (Å²) >= 11 is 5.93. The highest BCUT2D eigenvalue weighted by Gasteiger charge is 2.44. The van der Waals surface area contributed by atoms with Crippen molar-refractivity contribution in [3.05, 3.63) is 28.8 Å². The standard InChI is InChI=1S/C13H13ClN2O4S/c1-8-4-5-16(12(8)13(17)18)21(19,20)11-3-2-9(7-15)6-10(11)14/h2-3,6,8,12H,4-5H2,1H3,(H,17,18). The van der Waals surface area contributed by atoms with Crippen LogP contribution in [0, 0.1) is 17.2 Å². The van der Waals surface area contributed by atoms with Crippen molar-refractivity contribution in [3.63, 3.8) is 0 Å². The van der Waals surface area contributed by atoms with E-state index in [1.807, 2.05) is 6.07 Å². The van der Waals surface area contributed by atoms with Gasteiger partial charge in [0.25, 0.3) is 0 Å². The molecule has 21 heavy (non-hydrogen) atoms. The smallest absolute Gasteiger partial charge is 0.322 e. The van der Waals surface area contributed by atoms with Crippen LogP contribution < -0.4 is 0 Å². The number of rotatable bonds is 3. The van der Waals surface area contributed by atoms with Gasteiger partial charge in [-0.1, -0.05) is 18.5 Å². The molecule has 0 aliphatic carbocycles. The van der Waals surface area contributed by atoms with Gasteiger partial charge in [0.2, 0.25) is 10.0 Å². The van der Waals surface area contributed by atoms with Crippen molar-refractivity contribution in [2.45, 2.75) is 24.3 Å². The fourth-order valence-electron chi connectivity index (χ4n) is 2.45. The van der Waals surface area contributed by atoms with Crippen molar-refractivity contribution in [2.75, 3.05) is 6.54 Å². The fourth-order valence-corrected chi connectivity index (χ4v) is 4.67. The first kappa shape index (κ1) is 15.8. The predicted molar refractivity (Wildman–Crippen MR) is 75.3 cm³/mol. The number of nitriles is 1. The average Bonchev–Trinajstić information content (AvgIpc) is 2.81. The quantitative estimate of drug-likeness (QED) is 0.910. The van der Waals surface area contributed by atoms with Gasteiger partial charge in [0.15, 0.2) is 0 Å². The first-order valence-electron chi connectivity index (χ1n) is 6.23. The molecule has 2 atom stereocenters. The number of benzene rings is 1. The van der Waals surface area contributed by atoms with Gasteiger partial charge in [-0.05, 0) is 30.5 Å². The van der Waals surface area contributed by atoms with Crippen LogP contribution in [0.3, 0.4) is 0 Å². The van der Waals surface area contributed by atoms with E-state index in [4.69, 9.17) is 16.9 Å². The Morgan fingerprint density at radius 3 is 2.71 bits per heavy atom. The molecule has 6 nitrogen and oxygen atoms in total. The average molecular weight is 329 g/mol. The number of nitrogens with zero attached hydrogens (tertiary/aromatic N) is 2. The molecule has 1 aromatic rings. The highest BCUT2D eigenvalue weighted by molar-refractivity contribution is 7.89. The van der Waals surface area contributed by atoms with E-state index in [-0.39, 0.29) is 27.9 Å². The van der Waals surface area contributed by atoms with Crippen molar-refractivity contribution in [3.8, 4) is 6.07 Å². The molecular weight excluding hydrogens is 316 g/mol. The molecule has 0 radical (unpaired) electrons. The number of carbonyl (C=O) groups is 1. The maximum Gasteiger partial charge on any atom is 0.322 e. The fraction of sp³-hybridized carbons (Fsp3) is 0.385. The minimum absolute atomic E-state index is 0.0854. The predicted octanol–water partition coefficient (Wildman–Crippen LogP) is 1.70. The number of carboxylic acid groups (broad SMARTS) is 1. The molecule has 1 aliphatic rings. The van der Waals surface area contributed by atoms with Crippen LogP contribution in [0.2, 0.25) is 5.02 Å². The maximum absolute atomic E-state index is 12.6. The molecule has 2 rings (SSSR count). The molecule has 0 amide bonds. The summed E-state index contributed by atoms with van der Waals surface area (Å²) in [5.41, 5.74) is 0.239. The number of aliphatic carboxylic acids is 1. The summed E-state index contributed by atoms with van der Waals surface area (Å²) < 4.78 is 26.2. The van der Waals surface area contributed by atoms with Crippen LogP contribution in [0.1, 0.15) is 18.9 Å². The second kappa shape index (κ2) is 5.64. The molecule has 8 heteroatoms. The van der Waals surface area contributed by atoms with E-state index >= 15 is 0 Å². The molecule has 0 saturated carbocycles. The van der Waals surface area contributed by atoms with Crippen LogP contribution >= 0.6 is 11.6 Å². The summed E-state index contributed by atoms with van der Waals surface area (Å²) in [6.45, 7) is 1.84.